The highest BCUT2D eigenvalue weighted by molar-refractivity contribution is 5.85. The Morgan fingerprint density at radius 3 is 2.94 bits per heavy atom. The van der Waals surface area contributed by atoms with Gasteiger partial charge in [0.1, 0.15) is 12.0 Å². The van der Waals surface area contributed by atoms with Crippen molar-refractivity contribution in [3.8, 4) is 5.75 Å². The summed E-state index contributed by atoms with van der Waals surface area (Å²) in [5, 5.41) is 11.6. The Balaban J connectivity index is 2.19. The Bertz CT molecular complexity index is 551. The molecule has 0 unspecified atom stereocenters. The zero-order chi connectivity index (χ0) is 13.0. The zero-order valence-electron chi connectivity index (χ0n) is 9.71. The van der Waals surface area contributed by atoms with Crippen LogP contribution in [0.25, 0.3) is 0 Å². The van der Waals surface area contributed by atoms with Crippen LogP contribution in [-0.2, 0) is 0 Å². The first-order valence-corrected chi connectivity index (χ1v) is 5.38. The molecular formula is C12H12N2O4. The van der Waals surface area contributed by atoms with Crippen molar-refractivity contribution >= 4 is 17.7 Å². The summed E-state index contributed by atoms with van der Waals surface area (Å²) in [5.74, 6) is -0.486. The quantitative estimate of drug-likeness (QED) is 0.845. The minimum Gasteiger partial charge on any atom is -0.492 e. The summed E-state index contributed by atoms with van der Waals surface area (Å²) in [6.07, 6.45) is 1.08. The fourth-order valence-corrected chi connectivity index (χ4v) is 1.40. The van der Waals surface area contributed by atoms with Crippen LogP contribution in [0.2, 0.25) is 0 Å². The van der Waals surface area contributed by atoms with Gasteiger partial charge in [0.25, 0.3) is 6.01 Å². The number of nitrogens with one attached hydrogen (secondary N) is 1. The highest BCUT2D eigenvalue weighted by Crippen LogP contribution is 2.26. The molecule has 2 N–H and O–H groups in total. The van der Waals surface area contributed by atoms with Gasteiger partial charge in [-0.25, -0.2) is 4.79 Å². The molecule has 1 aromatic heterocycles. The number of ether oxygens (including phenoxy) is 1. The van der Waals surface area contributed by atoms with Gasteiger partial charge in [-0.15, -0.1) is 0 Å². The first kappa shape index (κ1) is 12.0. The smallest absolute Gasteiger partial charge is 0.357 e. The van der Waals surface area contributed by atoms with Crippen LogP contribution in [0.4, 0.5) is 11.7 Å². The predicted octanol–water partition coefficient (Wildman–Crippen LogP) is 2.52. The average Bonchev–Trinajstić information content (AvgIpc) is 2.81. The number of carboxylic acids is 1. The molecule has 0 saturated heterocycles. The summed E-state index contributed by atoms with van der Waals surface area (Å²) < 4.78 is 10.4. The number of carbonyl (C=O) groups is 1. The molecule has 0 aliphatic heterocycles. The maximum absolute atomic E-state index is 10.7. The number of para-hydroxylation sites is 2. The van der Waals surface area contributed by atoms with Gasteiger partial charge in [0.05, 0.1) is 12.3 Å². The van der Waals surface area contributed by atoms with E-state index in [1.807, 2.05) is 19.1 Å². The van der Waals surface area contributed by atoms with E-state index >= 15 is 0 Å². The van der Waals surface area contributed by atoms with Gasteiger partial charge in [0, 0.05) is 0 Å². The third kappa shape index (κ3) is 2.60. The van der Waals surface area contributed by atoms with E-state index < -0.39 is 5.97 Å². The van der Waals surface area contributed by atoms with E-state index in [0.29, 0.717) is 18.0 Å². The van der Waals surface area contributed by atoms with Gasteiger partial charge < -0.3 is 19.6 Å². The summed E-state index contributed by atoms with van der Waals surface area (Å²) in [7, 11) is 0. The summed E-state index contributed by atoms with van der Waals surface area (Å²) in [5.41, 5.74) is 0.518. The van der Waals surface area contributed by atoms with Crippen molar-refractivity contribution in [2.45, 2.75) is 6.92 Å². The number of rotatable bonds is 5. The summed E-state index contributed by atoms with van der Waals surface area (Å²) >= 11 is 0. The Hall–Kier alpha value is -2.50. The van der Waals surface area contributed by atoms with Crippen molar-refractivity contribution in [1.82, 2.24) is 4.98 Å². The van der Waals surface area contributed by atoms with E-state index in [-0.39, 0.29) is 11.7 Å². The number of carboxylic acid groups (broad SMARTS) is 1. The Kier molecular flexibility index (Phi) is 3.47. The molecule has 0 atom stereocenters. The van der Waals surface area contributed by atoms with E-state index in [1.165, 1.54) is 0 Å². The minimum absolute atomic E-state index is 0.111. The zero-order valence-corrected chi connectivity index (χ0v) is 9.71. The van der Waals surface area contributed by atoms with Gasteiger partial charge in [0.2, 0.25) is 0 Å². The molecular weight excluding hydrogens is 236 g/mol. The van der Waals surface area contributed by atoms with Crippen molar-refractivity contribution in [2.24, 2.45) is 0 Å². The van der Waals surface area contributed by atoms with Crippen molar-refractivity contribution in [1.29, 1.82) is 0 Å². The van der Waals surface area contributed by atoms with Crippen molar-refractivity contribution in [3.05, 3.63) is 36.2 Å². The molecule has 94 valence electrons. The van der Waals surface area contributed by atoms with E-state index in [4.69, 9.17) is 14.3 Å². The lowest BCUT2D eigenvalue weighted by molar-refractivity contribution is 0.0690. The van der Waals surface area contributed by atoms with Crippen LogP contribution in [0.5, 0.6) is 5.75 Å². The highest BCUT2D eigenvalue weighted by Gasteiger charge is 2.11. The largest absolute Gasteiger partial charge is 0.492 e. The molecule has 2 aromatic rings. The number of nitrogens with zero attached hydrogens (tertiary/aromatic N) is 1. The molecule has 0 bridgehead atoms. The molecule has 0 aliphatic carbocycles. The molecule has 0 radical (unpaired) electrons. The van der Waals surface area contributed by atoms with Gasteiger partial charge in [-0.05, 0) is 19.1 Å². The maximum atomic E-state index is 10.7. The number of hydrogen-bond acceptors (Lipinski definition) is 5. The molecule has 0 spiro atoms. The topological polar surface area (TPSA) is 84.6 Å². The molecule has 0 aliphatic rings. The van der Waals surface area contributed by atoms with Crippen LogP contribution >= 0.6 is 0 Å². The van der Waals surface area contributed by atoms with Crippen molar-refractivity contribution in [2.75, 3.05) is 11.9 Å². The number of benzene rings is 1. The van der Waals surface area contributed by atoms with Crippen LogP contribution in [0, 0.1) is 0 Å². The Morgan fingerprint density at radius 1 is 1.50 bits per heavy atom. The van der Waals surface area contributed by atoms with Crippen molar-refractivity contribution < 1.29 is 19.1 Å². The van der Waals surface area contributed by atoms with E-state index in [0.717, 1.165) is 6.26 Å². The van der Waals surface area contributed by atoms with Gasteiger partial charge in [-0.3, -0.25) is 0 Å². The second-order valence-electron chi connectivity index (χ2n) is 3.40. The molecule has 6 nitrogen and oxygen atoms in total. The molecule has 1 heterocycles. The van der Waals surface area contributed by atoms with Gasteiger partial charge >= 0.3 is 5.97 Å². The monoisotopic (exact) mass is 248 g/mol. The standard InChI is InChI=1S/C12H12N2O4/c1-2-17-10-6-4-3-5-8(10)13-12-14-9(7-18-12)11(15)16/h3-7H,2H2,1H3,(H,13,14)(H,15,16). The number of anilines is 2. The number of aromatic nitrogens is 1. The van der Waals surface area contributed by atoms with Crippen LogP contribution in [0.3, 0.4) is 0 Å². The number of aromatic carboxylic acids is 1. The first-order chi connectivity index (χ1) is 8.70. The second kappa shape index (κ2) is 5.22. The summed E-state index contributed by atoms with van der Waals surface area (Å²) in [6.45, 7) is 2.41. The lowest BCUT2D eigenvalue weighted by Crippen LogP contribution is -1.99. The molecule has 2 rings (SSSR count). The van der Waals surface area contributed by atoms with Gasteiger partial charge in [-0.1, -0.05) is 12.1 Å². The fraction of sp³-hybridized carbons (Fsp3) is 0.167. The van der Waals surface area contributed by atoms with E-state index in [9.17, 15) is 4.79 Å². The maximum Gasteiger partial charge on any atom is 0.357 e. The molecule has 6 heteroatoms. The summed E-state index contributed by atoms with van der Waals surface area (Å²) in [4.78, 5) is 14.4. The van der Waals surface area contributed by atoms with Crippen LogP contribution in [0.1, 0.15) is 17.4 Å². The van der Waals surface area contributed by atoms with E-state index in [1.54, 1.807) is 12.1 Å². The average molecular weight is 248 g/mol. The number of oxazole rings is 1. The molecule has 0 fully saturated rings. The van der Waals surface area contributed by atoms with Crippen LogP contribution < -0.4 is 10.1 Å². The third-order valence-electron chi connectivity index (χ3n) is 2.15. The number of hydrogen-bond donors (Lipinski definition) is 2. The minimum atomic E-state index is -1.13. The summed E-state index contributed by atoms with van der Waals surface area (Å²) in [6, 6.07) is 7.36. The van der Waals surface area contributed by atoms with E-state index in [2.05, 4.69) is 10.3 Å². The second-order valence-corrected chi connectivity index (χ2v) is 3.40. The van der Waals surface area contributed by atoms with Gasteiger partial charge in [0.15, 0.2) is 5.69 Å². The highest BCUT2D eigenvalue weighted by atomic mass is 16.5. The molecule has 1 aromatic carbocycles. The Labute approximate surface area is 103 Å². The van der Waals surface area contributed by atoms with Crippen molar-refractivity contribution in [3.63, 3.8) is 0 Å². The Morgan fingerprint density at radius 2 is 2.28 bits per heavy atom. The molecule has 0 saturated carbocycles. The lowest BCUT2D eigenvalue weighted by atomic mass is 10.3. The third-order valence-corrected chi connectivity index (χ3v) is 2.15. The lowest BCUT2D eigenvalue weighted by Gasteiger charge is -2.09. The first-order valence-electron chi connectivity index (χ1n) is 5.38. The van der Waals surface area contributed by atoms with Crippen LogP contribution in [-0.4, -0.2) is 22.7 Å². The molecule has 18 heavy (non-hydrogen) atoms. The SMILES string of the molecule is CCOc1ccccc1Nc1nc(C(=O)O)co1. The van der Waals surface area contributed by atoms with Gasteiger partial charge in [-0.2, -0.15) is 4.98 Å². The molecule has 0 amide bonds. The van der Waals surface area contributed by atoms with Crippen LogP contribution in [0.15, 0.2) is 34.9 Å². The fourth-order valence-electron chi connectivity index (χ4n) is 1.40. The normalized spacial score (nSPS) is 10.1. The predicted molar refractivity (Wildman–Crippen MR) is 64.4 cm³/mol.